The number of hydrogen-bond donors (Lipinski definition) is 0. The van der Waals surface area contributed by atoms with E-state index in [4.69, 9.17) is 0 Å². The highest BCUT2D eigenvalue weighted by atomic mass is 19.4. The largest absolute Gasteiger partial charge is 0.416 e. The van der Waals surface area contributed by atoms with Crippen molar-refractivity contribution in [1.29, 1.82) is 5.26 Å². The van der Waals surface area contributed by atoms with Gasteiger partial charge in [-0.15, -0.1) is 0 Å². The first-order valence-electron chi connectivity index (χ1n) is 11.1. The molecule has 8 heteroatoms. The number of carbonyl (C=O) groups is 1. The first kappa shape index (κ1) is 27.0. The second-order valence-electron chi connectivity index (χ2n) is 9.12. The Hall–Kier alpha value is -3.60. The Morgan fingerprint density at radius 1 is 0.806 bits per heavy atom. The van der Waals surface area contributed by atoms with E-state index >= 15 is 0 Å². The molecule has 0 heterocycles. The predicted molar refractivity (Wildman–Crippen MR) is 125 cm³/mol. The van der Waals surface area contributed by atoms with E-state index in [1.54, 1.807) is 30.3 Å². The van der Waals surface area contributed by atoms with E-state index in [0.717, 1.165) is 0 Å². The molecule has 0 N–H and O–H groups in total. The van der Waals surface area contributed by atoms with E-state index in [1.807, 2.05) is 19.9 Å². The van der Waals surface area contributed by atoms with Crippen LogP contribution in [-0.2, 0) is 17.1 Å². The molecule has 188 valence electrons. The molecule has 1 atom stereocenters. The molecular weight excluding hydrogens is 480 g/mol. The second-order valence-corrected chi connectivity index (χ2v) is 9.12. The number of ketones is 1. The van der Waals surface area contributed by atoms with Crippen LogP contribution in [-0.4, -0.2) is 5.78 Å². The predicted octanol–water partition coefficient (Wildman–Crippen LogP) is 8.65. The highest BCUT2D eigenvalue weighted by molar-refractivity contribution is 5.85. The van der Waals surface area contributed by atoms with Gasteiger partial charge >= 0.3 is 12.4 Å². The van der Waals surface area contributed by atoms with Crippen LogP contribution in [0, 0.1) is 17.2 Å². The van der Waals surface area contributed by atoms with Crippen molar-refractivity contribution in [2.24, 2.45) is 5.92 Å². The number of halogens is 6. The maximum atomic E-state index is 13.5. The number of rotatable bonds is 6. The summed E-state index contributed by atoms with van der Waals surface area (Å²) in [6.45, 7) is 5.24. The number of alkyl halides is 6. The van der Waals surface area contributed by atoms with Gasteiger partial charge in [0.15, 0.2) is 0 Å². The molecule has 0 radical (unpaired) electrons. The van der Waals surface area contributed by atoms with E-state index in [-0.39, 0.29) is 28.9 Å². The van der Waals surface area contributed by atoms with Crippen LogP contribution in [0.15, 0.2) is 60.7 Å². The lowest BCUT2D eigenvalue weighted by Crippen LogP contribution is -2.12. The molecule has 0 aliphatic carbocycles. The van der Waals surface area contributed by atoms with E-state index in [0.29, 0.717) is 40.8 Å². The number of Topliss-reactive ketones (excluding diaryl/α,β-unsaturated/α-hetero) is 1. The van der Waals surface area contributed by atoms with Gasteiger partial charge in [-0.05, 0) is 83.5 Å². The van der Waals surface area contributed by atoms with Crippen molar-refractivity contribution in [2.75, 3.05) is 0 Å². The molecule has 0 aliphatic rings. The SMILES string of the molecule is CC(=O)C(CC(C)C)c1cc(-c2cccc(C#N)c2)cc(-c2cc(C(F)(F)F)cc(C(F)(F)F)c2)c1. The minimum absolute atomic E-state index is 0.0851. The molecule has 0 bridgehead atoms. The molecule has 2 nitrogen and oxygen atoms in total. The summed E-state index contributed by atoms with van der Waals surface area (Å²) < 4.78 is 81.0. The highest BCUT2D eigenvalue weighted by Gasteiger charge is 2.37. The highest BCUT2D eigenvalue weighted by Crippen LogP contribution is 2.40. The van der Waals surface area contributed by atoms with Crippen LogP contribution in [0.1, 0.15) is 55.4 Å². The third-order valence-electron chi connectivity index (χ3n) is 5.80. The molecule has 1 unspecified atom stereocenters. The molecule has 0 aliphatic heterocycles. The molecular formula is C28H23F6NO. The van der Waals surface area contributed by atoms with Crippen molar-refractivity contribution < 1.29 is 31.1 Å². The molecule has 3 aromatic carbocycles. The second kappa shape index (κ2) is 10.2. The minimum Gasteiger partial charge on any atom is -0.299 e. The van der Waals surface area contributed by atoms with Gasteiger partial charge < -0.3 is 0 Å². The van der Waals surface area contributed by atoms with Crippen LogP contribution in [0.5, 0.6) is 0 Å². The zero-order valence-corrected chi connectivity index (χ0v) is 19.8. The summed E-state index contributed by atoms with van der Waals surface area (Å²) >= 11 is 0. The Morgan fingerprint density at radius 2 is 1.33 bits per heavy atom. The van der Waals surface area contributed by atoms with Gasteiger partial charge in [-0.25, -0.2) is 0 Å². The van der Waals surface area contributed by atoms with Gasteiger partial charge in [0.2, 0.25) is 0 Å². The van der Waals surface area contributed by atoms with Crippen LogP contribution < -0.4 is 0 Å². The van der Waals surface area contributed by atoms with Crippen LogP contribution >= 0.6 is 0 Å². The Labute approximate surface area is 205 Å². The van der Waals surface area contributed by atoms with E-state index in [1.165, 1.54) is 19.1 Å². The van der Waals surface area contributed by atoms with Crippen LogP contribution in [0.3, 0.4) is 0 Å². The third kappa shape index (κ3) is 6.34. The standard InChI is InChI=1S/C28H23F6NO/c1-16(2)7-26(17(3)36)23-10-20(19-6-4-5-18(8-19)15-35)9-21(11-23)22-12-24(27(29,30)31)14-25(13-22)28(32,33)34/h4-6,8-14,16,26H,7H2,1-3H3. The van der Waals surface area contributed by atoms with Gasteiger partial charge in [-0.1, -0.05) is 38.1 Å². The summed E-state index contributed by atoms with van der Waals surface area (Å²) in [5.74, 6) is -0.661. The maximum absolute atomic E-state index is 13.5. The molecule has 0 saturated heterocycles. The molecule has 0 fully saturated rings. The summed E-state index contributed by atoms with van der Waals surface area (Å²) in [7, 11) is 0. The van der Waals surface area contributed by atoms with E-state index in [9.17, 15) is 36.4 Å². The number of nitriles is 1. The Balaban J connectivity index is 2.34. The summed E-state index contributed by atoms with van der Waals surface area (Å²) in [4.78, 5) is 12.5. The number of benzene rings is 3. The van der Waals surface area contributed by atoms with Crippen LogP contribution in [0.25, 0.3) is 22.3 Å². The summed E-state index contributed by atoms with van der Waals surface area (Å²) in [6, 6.07) is 14.6. The summed E-state index contributed by atoms with van der Waals surface area (Å²) in [5.41, 5.74) is -1.17. The van der Waals surface area contributed by atoms with Crippen molar-refractivity contribution in [3.63, 3.8) is 0 Å². The maximum Gasteiger partial charge on any atom is 0.416 e. The molecule has 3 aromatic rings. The lowest BCUT2D eigenvalue weighted by Gasteiger charge is -2.20. The van der Waals surface area contributed by atoms with E-state index < -0.39 is 29.4 Å². The molecule has 0 spiro atoms. The molecule has 0 aromatic heterocycles. The Kier molecular flexibility index (Phi) is 7.63. The van der Waals surface area contributed by atoms with Gasteiger partial charge in [0.05, 0.1) is 22.8 Å². The van der Waals surface area contributed by atoms with Crippen LogP contribution in [0.2, 0.25) is 0 Å². The normalized spacial score (nSPS) is 12.9. The molecule has 36 heavy (non-hydrogen) atoms. The molecule has 0 saturated carbocycles. The van der Waals surface area contributed by atoms with E-state index in [2.05, 4.69) is 0 Å². The fraction of sp³-hybridized carbons (Fsp3) is 0.286. The van der Waals surface area contributed by atoms with Crippen molar-refractivity contribution in [1.82, 2.24) is 0 Å². The quantitative estimate of drug-likeness (QED) is 0.316. The first-order chi connectivity index (χ1) is 16.7. The average Bonchev–Trinajstić information content (AvgIpc) is 2.80. The number of hydrogen-bond acceptors (Lipinski definition) is 2. The monoisotopic (exact) mass is 503 g/mol. The zero-order chi connectivity index (χ0) is 26.8. The topological polar surface area (TPSA) is 40.9 Å². The van der Waals surface area contributed by atoms with Crippen molar-refractivity contribution in [3.05, 3.63) is 82.9 Å². The van der Waals surface area contributed by atoms with Gasteiger partial charge in [0.25, 0.3) is 0 Å². The van der Waals surface area contributed by atoms with Crippen molar-refractivity contribution >= 4 is 5.78 Å². The van der Waals surface area contributed by atoms with Crippen LogP contribution in [0.4, 0.5) is 26.3 Å². The first-order valence-corrected chi connectivity index (χ1v) is 11.1. The fourth-order valence-corrected chi connectivity index (χ4v) is 4.08. The van der Waals surface area contributed by atoms with Gasteiger partial charge in [0.1, 0.15) is 5.78 Å². The molecule has 3 rings (SSSR count). The lowest BCUT2D eigenvalue weighted by molar-refractivity contribution is -0.143. The third-order valence-corrected chi connectivity index (χ3v) is 5.80. The Morgan fingerprint density at radius 3 is 1.81 bits per heavy atom. The van der Waals surface area contributed by atoms with Gasteiger partial charge in [-0.3, -0.25) is 4.79 Å². The molecule has 0 amide bonds. The van der Waals surface area contributed by atoms with Crippen molar-refractivity contribution in [2.45, 2.75) is 45.5 Å². The summed E-state index contributed by atoms with van der Waals surface area (Å²) in [5, 5.41) is 9.26. The lowest BCUT2D eigenvalue weighted by atomic mass is 9.84. The smallest absolute Gasteiger partial charge is 0.299 e. The van der Waals surface area contributed by atoms with Gasteiger partial charge in [0, 0.05) is 5.92 Å². The Bertz CT molecular complexity index is 1280. The summed E-state index contributed by atoms with van der Waals surface area (Å²) in [6.07, 6.45) is -9.53. The number of nitrogens with zero attached hydrogens (tertiary/aromatic N) is 1. The minimum atomic E-state index is -4.99. The fourth-order valence-electron chi connectivity index (χ4n) is 4.08. The number of carbonyl (C=O) groups excluding carboxylic acids is 1. The van der Waals surface area contributed by atoms with Crippen molar-refractivity contribution in [3.8, 4) is 28.3 Å². The average molecular weight is 503 g/mol. The van der Waals surface area contributed by atoms with Gasteiger partial charge in [-0.2, -0.15) is 31.6 Å². The zero-order valence-electron chi connectivity index (χ0n) is 19.8.